The highest BCUT2D eigenvalue weighted by atomic mass is 32.2. The summed E-state index contributed by atoms with van der Waals surface area (Å²) in [5, 5.41) is 0. The van der Waals surface area contributed by atoms with E-state index < -0.39 is 0 Å². The summed E-state index contributed by atoms with van der Waals surface area (Å²) in [6.07, 6.45) is 2.65. The summed E-state index contributed by atoms with van der Waals surface area (Å²) in [6.45, 7) is 2.06. The van der Waals surface area contributed by atoms with E-state index in [-0.39, 0.29) is 0 Å². The standard InChI is InChI=1S/C4H8NOS/c1-2-3-7-5-4-6/h2-3H2,1H3,(H,5,6). The van der Waals surface area contributed by atoms with Crippen molar-refractivity contribution in [1.29, 1.82) is 0 Å². The van der Waals surface area contributed by atoms with Crippen LogP contribution in [0.2, 0.25) is 0 Å². The van der Waals surface area contributed by atoms with E-state index in [1.807, 2.05) is 0 Å². The molecular formula is C4H8NOS. The van der Waals surface area contributed by atoms with Gasteiger partial charge in [0, 0.05) is 5.75 Å². The zero-order valence-electron chi connectivity index (χ0n) is 4.23. The third-order valence-corrected chi connectivity index (χ3v) is 1.26. The average molecular weight is 118 g/mol. The third kappa shape index (κ3) is 5.82. The molecule has 0 aromatic rings. The van der Waals surface area contributed by atoms with Gasteiger partial charge in [-0.15, -0.1) is 0 Å². The van der Waals surface area contributed by atoms with Crippen LogP contribution in [0.5, 0.6) is 0 Å². The predicted octanol–water partition coefficient (Wildman–Crippen LogP) is 0.701. The normalized spacial score (nSPS) is 8.14. The van der Waals surface area contributed by atoms with E-state index in [1.165, 1.54) is 11.9 Å². The lowest BCUT2D eigenvalue weighted by atomic mass is 10.6. The maximum atomic E-state index is 9.42. The molecule has 1 radical (unpaired) electrons. The van der Waals surface area contributed by atoms with Crippen molar-refractivity contribution in [2.24, 2.45) is 0 Å². The first-order valence-electron chi connectivity index (χ1n) is 2.15. The van der Waals surface area contributed by atoms with Gasteiger partial charge in [-0.3, -0.25) is 9.52 Å². The number of rotatable bonds is 4. The van der Waals surface area contributed by atoms with Crippen LogP contribution in [0.25, 0.3) is 0 Å². The molecule has 0 atom stereocenters. The van der Waals surface area contributed by atoms with Gasteiger partial charge in [-0.05, 0) is 6.42 Å². The van der Waals surface area contributed by atoms with Crippen LogP contribution in [0, 0.1) is 0 Å². The van der Waals surface area contributed by atoms with Gasteiger partial charge >= 0.3 is 6.41 Å². The minimum atomic E-state index is 0.968. The van der Waals surface area contributed by atoms with Crippen molar-refractivity contribution in [1.82, 2.24) is 4.72 Å². The second-order valence-corrected chi connectivity index (χ2v) is 1.95. The largest absolute Gasteiger partial charge is 0.320 e. The molecule has 41 valence electrons. The minimum absolute atomic E-state index is 0.968. The Morgan fingerprint density at radius 2 is 2.57 bits per heavy atom. The molecule has 0 rings (SSSR count). The summed E-state index contributed by atoms with van der Waals surface area (Å²) in [5.74, 6) is 0.968. The summed E-state index contributed by atoms with van der Waals surface area (Å²) < 4.78 is 2.36. The van der Waals surface area contributed by atoms with E-state index in [0.29, 0.717) is 0 Å². The molecule has 0 aromatic heterocycles. The highest BCUT2D eigenvalue weighted by molar-refractivity contribution is 7.97. The zero-order valence-corrected chi connectivity index (χ0v) is 5.05. The Balaban J connectivity index is 2.56. The molecular weight excluding hydrogens is 110 g/mol. The summed E-state index contributed by atoms with van der Waals surface area (Å²) in [5.41, 5.74) is 0. The van der Waals surface area contributed by atoms with Crippen LogP contribution < -0.4 is 4.72 Å². The van der Waals surface area contributed by atoms with E-state index in [4.69, 9.17) is 0 Å². The van der Waals surface area contributed by atoms with Crippen LogP contribution >= 0.6 is 11.9 Å². The number of nitrogens with one attached hydrogen (secondary N) is 1. The average Bonchev–Trinajstić information content (AvgIpc) is 1.69. The number of amides is 1. The smallest absolute Gasteiger partial charge is 0.292 e. The van der Waals surface area contributed by atoms with E-state index >= 15 is 0 Å². The number of hydrogen-bond donors (Lipinski definition) is 1. The lowest BCUT2D eigenvalue weighted by Gasteiger charge is -1.88. The maximum absolute atomic E-state index is 9.42. The van der Waals surface area contributed by atoms with Gasteiger partial charge in [0.2, 0.25) is 0 Å². The van der Waals surface area contributed by atoms with Crippen molar-refractivity contribution in [3.63, 3.8) is 0 Å². The Hall–Kier alpha value is -0.180. The van der Waals surface area contributed by atoms with Gasteiger partial charge in [-0.2, -0.15) is 0 Å². The molecule has 0 aliphatic rings. The molecule has 0 unspecified atom stereocenters. The molecule has 3 heteroatoms. The first-order chi connectivity index (χ1) is 3.41. The number of carbonyl (C=O) groups excluding carboxylic acids is 1. The molecule has 0 aliphatic carbocycles. The van der Waals surface area contributed by atoms with Gasteiger partial charge in [0.25, 0.3) is 0 Å². The van der Waals surface area contributed by atoms with Crippen LogP contribution in [0.1, 0.15) is 13.3 Å². The van der Waals surface area contributed by atoms with E-state index in [0.717, 1.165) is 12.2 Å². The third-order valence-electron chi connectivity index (χ3n) is 0.420. The lowest BCUT2D eigenvalue weighted by molar-refractivity contribution is 0.554. The summed E-state index contributed by atoms with van der Waals surface area (Å²) in [4.78, 5) is 9.42. The van der Waals surface area contributed by atoms with Crippen LogP contribution in [-0.4, -0.2) is 12.2 Å². The Kier molecular flexibility index (Phi) is 5.67. The van der Waals surface area contributed by atoms with Crippen molar-refractivity contribution < 1.29 is 4.79 Å². The highest BCUT2D eigenvalue weighted by Gasteiger charge is 1.78. The Labute approximate surface area is 47.8 Å². The van der Waals surface area contributed by atoms with E-state index in [1.54, 1.807) is 6.41 Å². The first-order valence-corrected chi connectivity index (χ1v) is 3.14. The molecule has 2 nitrogen and oxygen atoms in total. The molecule has 0 saturated carbocycles. The minimum Gasteiger partial charge on any atom is -0.292 e. The molecule has 0 aromatic carbocycles. The van der Waals surface area contributed by atoms with E-state index in [9.17, 15) is 4.79 Å². The van der Waals surface area contributed by atoms with Gasteiger partial charge in [0.15, 0.2) is 0 Å². The molecule has 0 heterocycles. The molecule has 0 saturated heterocycles. The molecule has 1 amide bonds. The summed E-state index contributed by atoms with van der Waals surface area (Å²) in [7, 11) is 0. The topological polar surface area (TPSA) is 29.1 Å². The Morgan fingerprint density at radius 3 is 3.00 bits per heavy atom. The molecule has 7 heavy (non-hydrogen) atoms. The second kappa shape index (κ2) is 5.82. The summed E-state index contributed by atoms with van der Waals surface area (Å²) >= 11 is 1.38. The lowest BCUT2D eigenvalue weighted by Crippen LogP contribution is -1.98. The SMILES string of the molecule is CCCSN[C]=O. The Morgan fingerprint density at radius 1 is 1.86 bits per heavy atom. The second-order valence-electron chi connectivity index (χ2n) is 1.05. The van der Waals surface area contributed by atoms with Gasteiger partial charge in [-0.25, -0.2) is 0 Å². The maximum Gasteiger partial charge on any atom is 0.320 e. The van der Waals surface area contributed by atoms with Crippen LogP contribution in [0.4, 0.5) is 0 Å². The predicted molar refractivity (Wildman–Crippen MR) is 31.6 cm³/mol. The first kappa shape index (κ1) is 6.82. The monoisotopic (exact) mass is 118 g/mol. The van der Waals surface area contributed by atoms with Crippen molar-refractivity contribution in [2.45, 2.75) is 13.3 Å². The molecule has 0 spiro atoms. The fourth-order valence-corrected chi connectivity index (χ4v) is 0.548. The fraction of sp³-hybridized carbons (Fsp3) is 0.750. The van der Waals surface area contributed by atoms with Crippen LogP contribution in [0.15, 0.2) is 0 Å². The highest BCUT2D eigenvalue weighted by Crippen LogP contribution is 1.91. The fourth-order valence-electron chi connectivity index (χ4n) is 0.183. The Bertz CT molecular complexity index is 49.0. The van der Waals surface area contributed by atoms with Crippen molar-refractivity contribution in [3.05, 3.63) is 0 Å². The van der Waals surface area contributed by atoms with Gasteiger partial charge in [-0.1, -0.05) is 18.9 Å². The van der Waals surface area contributed by atoms with Gasteiger partial charge in [0.1, 0.15) is 0 Å². The zero-order chi connectivity index (χ0) is 5.54. The van der Waals surface area contributed by atoms with Crippen molar-refractivity contribution in [3.8, 4) is 0 Å². The molecule has 0 bridgehead atoms. The van der Waals surface area contributed by atoms with Gasteiger partial charge in [0.05, 0.1) is 0 Å². The van der Waals surface area contributed by atoms with Crippen LogP contribution in [0.3, 0.4) is 0 Å². The van der Waals surface area contributed by atoms with E-state index in [2.05, 4.69) is 11.6 Å². The van der Waals surface area contributed by atoms with Gasteiger partial charge < -0.3 is 0 Å². The quantitative estimate of drug-likeness (QED) is 0.334. The molecule has 0 aliphatic heterocycles. The molecule has 1 N–H and O–H groups in total. The van der Waals surface area contributed by atoms with Crippen molar-refractivity contribution in [2.75, 3.05) is 5.75 Å². The summed E-state index contributed by atoms with van der Waals surface area (Å²) in [6, 6.07) is 0. The van der Waals surface area contributed by atoms with Crippen LogP contribution in [-0.2, 0) is 4.79 Å². The number of hydrogen-bond acceptors (Lipinski definition) is 2. The van der Waals surface area contributed by atoms with Crippen molar-refractivity contribution >= 4 is 18.4 Å². The molecule has 0 fully saturated rings.